The molecule has 0 heterocycles. The minimum atomic E-state index is -0.641. The van der Waals surface area contributed by atoms with E-state index in [2.05, 4.69) is 0 Å². The number of hydrogen-bond acceptors (Lipinski definition) is 2. The lowest BCUT2D eigenvalue weighted by Gasteiger charge is -2.11. The van der Waals surface area contributed by atoms with Crippen molar-refractivity contribution < 1.29 is 9.53 Å². The van der Waals surface area contributed by atoms with E-state index in [1.165, 1.54) is 0 Å². The number of hydrogen-bond donors (Lipinski definition) is 0. The predicted molar refractivity (Wildman–Crippen MR) is 57.1 cm³/mol. The summed E-state index contributed by atoms with van der Waals surface area (Å²) < 4.78 is 5.27. The van der Waals surface area contributed by atoms with Gasteiger partial charge < -0.3 is 4.74 Å². The number of ether oxygens (including phenoxy) is 1. The minimum Gasteiger partial charge on any atom is -0.482 e. The maximum atomic E-state index is 10.7. The normalized spacial score (nSPS) is 12.3. The smallest absolute Gasteiger partial charge is 0.262 e. The molecule has 1 aromatic carbocycles. The molecule has 0 aliphatic heterocycles. The molecular formula is C10H10Cl2O2. The fraction of sp³-hybridized carbons (Fsp3) is 0.300. The van der Waals surface area contributed by atoms with E-state index in [-0.39, 0.29) is 0 Å². The molecule has 1 aromatic rings. The highest BCUT2D eigenvalue weighted by molar-refractivity contribution is 6.64. The summed E-state index contributed by atoms with van der Waals surface area (Å²) in [4.78, 5) is 10.7. The molecule has 0 radical (unpaired) electrons. The Kier molecular flexibility index (Phi) is 3.78. The number of carbonyl (C=O) groups is 1. The van der Waals surface area contributed by atoms with Crippen LogP contribution in [0.1, 0.15) is 12.5 Å². The average Bonchev–Trinajstić information content (AvgIpc) is 2.11. The molecule has 0 aliphatic rings. The summed E-state index contributed by atoms with van der Waals surface area (Å²) in [6.45, 7) is 3.46. The third-order valence-electron chi connectivity index (χ3n) is 1.76. The highest BCUT2D eigenvalue weighted by atomic mass is 35.5. The summed E-state index contributed by atoms with van der Waals surface area (Å²) in [5, 5.41) is 0.153. The van der Waals surface area contributed by atoms with Crippen molar-refractivity contribution in [3.05, 3.63) is 28.8 Å². The first-order valence-electron chi connectivity index (χ1n) is 4.13. The van der Waals surface area contributed by atoms with E-state index in [0.29, 0.717) is 10.8 Å². The fourth-order valence-corrected chi connectivity index (χ4v) is 1.10. The van der Waals surface area contributed by atoms with Crippen LogP contribution in [0.4, 0.5) is 0 Å². The summed E-state index contributed by atoms with van der Waals surface area (Å²) in [5.41, 5.74) is 0.901. The van der Waals surface area contributed by atoms with Gasteiger partial charge in [0.25, 0.3) is 5.24 Å². The topological polar surface area (TPSA) is 26.3 Å². The summed E-state index contributed by atoms with van der Waals surface area (Å²) in [5.74, 6) is 0.591. The van der Waals surface area contributed by atoms with Gasteiger partial charge in [-0.1, -0.05) is 11.6 Å². The van der Waals surface area contributed by atoms with Gasteiger partial charge in [0, 0.05) is 5.02 Å². The molecule has 0 fully saturated rings. The zero-order valence-corrected chi connectivity index (χ0v) is 9.39. The van der Waals surface area contributed by atoms with Gasteiger partial charge in [-0.3, -0.25) is 4.79 Å². The monoisotopic (exact) mass is 232 g/mol. The van der Waals surface area contributed by atoms with E-state index in [1.807, 2.05) is 6.92 Å². The molecule has 0 N–H and O–H groups in total. The second-order valence-corrected chi connectivity index (χ2v) is 3.75. The molecule has 14 heavy (non-hydrogen) atoms. The van der Waals surface area contributed by atoms with Crippen LogP contribution in [-0.2, 0) is 4.79 Å². The Morgan fingerprint density at radius 2 is 2.14 bits per heavy atom. The maximum absolute atomic E-state index is 10.7. The van der Waals surface area contributed by atoms with Crippen LogP contribution in [0.15, 0.2) is 18.2 Å². The molecule has 0 aromatic heterocycles. The van der Waals surface area contributed by atoms with Crippen LogP contribution in [0, 0.1) is 6.92 Å². The molecule has 1 rings (SSSR count). The maximum Gasteiger partial charge on any atom is 0.262 e. The second-order valence-electron chi connectivity index (χ2n) is 2.98. The largest absolute Gasteiger partial charge is 0.482 e. The molecular weight excluding hydrogens is 223 g/mol. The Labute approximate surface area is 92.8 Å². The molecule has 0 saturated heterocycles. The van der Waals surface area contributed by atoms with Crippen molar-refractivity contribution in [3.8, 4) is 5.75 Å². The van der Waals surface area contributed by atoms with Crippen molar-refractivity contribution in [1.29, 1.82) is 0 Å². The summed E-state index contributed by atoms with van der Waals surface area (Å²) in [7, 11) is 0. The Balaban J connectivity index is 2.78. The zero-order valence-electron chi connectivity index (χ0n) is 7.88. The van der Waals surface area contributed by atoms with Crippen molar-refractivity contribution in [2.75, 3.05) is 0 Å². The van der Waals surface area contributed by atoms with E-state index < -0.39 is 11.3 Å². The molecule has 0 bridgehead atoms. The van der Waals surface area contributed by atoms with Gasteiger partial charge in [0.1, 0.15) is 5.75 Å². The van der Waals surface area contributed by atoms with Crippen molar-refractivity contribution in [3.63, 3.8) is 0 Å². The van der Waals surface area contributed by atoms with Crippen LogP contribution in [0.5, 0.6) is 5.75 Å². The van der Waals surface area contributed by atoms with Crippen LogP contribution >= 0.6 is 23.2 Å². The van der Waals surface area contributed by atoms with Crippen molar-refractivity contribution in [2.24, 2.45) is 0 Å². The standard InChI is InChI=1S/C10H10Cl2O2/c1-6-5-8(3-4-9(6)11)14-7(2)10(12)13/h3-5,7H,1-2H3. The van der Waals surface area contributed by atoms with Gasteiger partial charge in [-0.15, -0.1) is 0 Å². The molecule has 76 valence electrons. The van der Waals surface area contributed by atoms with E-state index in [1.54, 1.807) is 25.1 Å². The summed E-state index contributed by atoms with van der Waals surface area (Å²) in [6, 6.07) is 5.18. The molecule has 0 amide bonds. The fourth-order valence-electron chi connectivity index (χ4n) is 0.941. The van der Waals surface area contributed by atoms with Crippen LogP contribution < -0.4 is 4.74 Å². The molecule has 2 nitrogen and oxygen atoms in total. The molecule has 0 aliphatic carbocycles. The molecule has 1 atom stereocenters. The highest BCUT2D eigenvalue weighted by Crippen LogP contribution is 2.22. The number of aryl methyl sites for hydroxylation is 1. The quantitative estimate of drug-likeness (QED) is 0.749. The highest BCUT2D eigenvalue weighted by Gasteiger charge is 2.11. The van der Waals surface area contributed by atoms with Crippen molar-refractivity contribution >= 4 is 28.4 Å². The third-order valence-corrected chi connectivity index (χ3v) is 2.49. The first kappa shape index (κ1) is 11.3. The van der Waals surface area contributed by atoms with E-state index in [9.17, 15) is 4.79 Å². The second kappa shape index (κ2) is 4.67. The van der Waals surface area contributed by atoms with E-state index in [4.69, 9.17) is 27.9 Å². The molecule has 0 spiro atoms. The van der Waals surface area contributed by atoms with E-state index in [0.717, 1.165) is 5.56 Å². The van der Waals surface area contributed by atoms with Crippen LogP contribution in [0.2, 0.25) is 5.02 Å². The molecule has 0 saturated carbocycles. The number of rotatable bonds is 3. The lowest BCUT2D eigenvalue weighted by atomic mass is 10.2. The van der Waals surface area contributed by atoms with Crippen LogP contribution in [0.3, 0.4) is 0 Å². The number of benzene rings is 1. The van der Waals surface area contributed by atoms with Crippen molar-refractivity contribution in [2.45, 2.75) is 20.0 Å². The van der Waals surface area contributed by atoms with Gasteiger partial charge >= 0.3 is 0 Å². The van der Waals surface area contributed by atoms with Gasteiger partial charge in [0.15, 0.2) is 6.10 Å². The van der Waals surface area contributed by atoms with Crippen LogP contribution in [-0.4, -0.2) is 11.3 Å². The first-order valence-corrected chi connectivity index (χ1v) is 4.88. The zero-order chi connectivity index (χ0) is 10.7. The lowest BCUT2D eigenvalue weighted by Crippen LogP contribution is -2.18. The Morgan fingerprint density at radius 1 is 1.50 bits per heavy atom. The minimum absolute atomic E-state index is 0.516. The Hall–Kier alpha value is -0.730. The van der Waals surface area contributed by atoms with Gasteiger partial charge in [-0.05, 0) is 49.2 Å². The van der Waals surface area contributed by atoms with Crippen LogP contribution in [0.25, 0.3) is 0 Å². The average molecular weight is 233 g/mol. The predicted octanol–water partition coefficient (Wildman–Crippen LogP) is 3.18. The lowest BCUT2D eigenvalue weighted by molar-refractivity contribution is -0.117. The Bertz CT molecular complexity index is 350. The number of halogens is 2. The first-order chi connectivity index (χ1) is 6.50. The Morgan fingerprint density at radius 3 is 2.64 bits per heavy atom. The summed E-state index contributed by atoms with van der Waals surface area (Å²) in [6.07, 6.45) is -0.641. The van der Waals surface area contributed by atoms with Gasteiger partial charge in [-0.25, -0.2) is 0 Å². The van der Waals surface area contributed by atoms with Gasteiger partial charge in [0.2, 0.25) is 0 Å². The molecule has 4 heteroatoms. The molecule has 1 unspecified atom stereocenters. The van der Waals surface area contributed by atoms with Gasteiger partial charge in [0.05, 0.1) is 0 Å². The van der Waals surface area contributed by atoms with Crippen molar-refractivity contribution in [1.82, 2.24) is 0 Å². The van der Waals surface area contributed by atoms with E-state index >= 15 is 0 Å². The third kappa shape index (κ3) is 2.89. The number of carbonyl (C=O) groups excluding carboxylic acids is 1. The summed E-state index contributed by atoms with van der Waals surface area (Å²) >= 11 is 11.1. The SMILES string of the molecule is Cc1cc(OC(C)C(=O)Cl)ccc1Cl. The van der Waals surface area contributed by atoms with Gasteiger partial charge in [-0.2, -0.15) is 0 Å².